The fourth-order valence-corrected chi connectivity index (χ4v) is 2.04. The number of amides is 1. The summed E-state index contributed by atoms with van der Waals surface area (Å²) in [6, 6.07) is 8.63. The maximum Gasteiger partial charge on any atom is 0.274 e. The first-order valence-electron chi connectivity index (χ1n) is 7.20. The predicted molar refractivity (Wildman–Crippen MR) is 89.6 cm³/mol. The molecule has 0 aliphatic rings. The van der Waals surface area contributed by atoms with Crippen LogP contribution in [0.5, 0.6) is 0 Å². The molecule has 0 saturated heterocycles. The number of halogens is 1. The van der Waals surface area contributed by atoms with Gasteiger partial charge in [-0.25, -0.2) is 9.97 Å². The number of nitrogens with zero attached hydrogens (tertiary/aromatic N) is 3. The van der Waals surface area contributed by atoms with Gasteiger partial charge in [-0.2, -0.15) is 0 Å². The Bertz CT molecular complexity index is 630. The minimum Gasteiger partial charge on any atom is -0.360 e. The van der Waals surface area contributed by atoms with E-state index < -0.39 is 0 Å². The van der Waals surface area contributed by atoms with Crippen LogP contribution >= 0.6 is 11.6 Å². The standard InChI is InChI=1S/C16H19ClN4O/c1-3-4-9-21(2)15-10-14(18-11-19-15)16(22)20-13-7-5-12(17)6-8-13/h5-8,10-11H,3-4,9H2,1-2H3,(H,20,22). The normalized spacial score (nSPS) is 10.3. The Balaban J connectivity index is 2.08. The molecule has 0 aliphatic carbocycles. The van der Waals surface area contributed by atoms with Gasteiger partial charge in [0.1, 0.15) is 17.8 Å². The molecule has 6 heteroatoms. The lowest BCUT2D eigenvalue weighted by atomic mass is 10.3. The highest BCUT2D eigenvalue weighted by molar-refractivity contribution is 6.30. The van der Waals surface area contributed by atoms with Gasteiger partial charge in [0, 0.05) is 30.4 Å². The average Bonchev–Trinajstić information content (AvgIpc) is 2.54. The smallest absolute Gasteiger partial charge is 0.274 e. The van der Waals surface area contributed by atoms with Crippen molar-refractivity contribution < 1.29 is 4.79 Å². The van der Waals surface area contributed by atoms with Crippen molar-refractivity contribution in [3.05, 3.63) is 47.4 Å². The summed E-state index contributed by atoms with van der Waals surface area (Å²) in [6.45, 7) is 3.03. The largest absolute Gasteiger partial charge is 0.360 e. The highest BCUT2D eigenvalue weighted by Crippen LogP contribution is 2.15. The Hall–Kier alpha value is -2.14. The highest BCUT2D eigenvalue weighted by atomic mass is 35.5. The first-order chi connectivity index (χ1) is 10.6. The summed E-state index contributed by atoms with van der Waals surface area (Å²) < 4.78 is 0. The number of rotatable bonds is 6. The minimum absolute atomic E-state index is 0.269. The fraction of sp³-hybridized carbons (Fsp3) is 0.312. The van der Waals surface area contributed by atoms with Gasteiger partial charge < -0.3 is 10.2 Å². The fourth-order valence-electron chi connectivity index (χ4n) is 1.92. The quantitative estimate of drug-likeness (QED) is 0.883. The van der Waals surface area contributed by atoms with Gasteiger partial charge in [0.25, 0.3) is 5.91 Å². The van der Waals surface area contributed by atoms with Crippen LogP contribution in [-0.2, 0) is 0 Å². The molecule has 116 valence electrons. The van der Waals surface area contributed by atoms with E-state index in [1.165, 1.54) is 6.33 Å². The highest BCUT2D eigenvalue weighted by Gasteiger charge is 2.11. The Labute approximate surface area is 135 Å². The molecule has 1 aromatic carbocycles. The van der Waals surface area contributed by atoms with Crippen molar-refractivity contribution in [2.45, 2.75) is 19.8 Å². The van der Waals surface area contributed by atoms with E-state index in [4.69, 9.17) is 11.6 Å². The molecule has 22 heavy (non-hydrogen) atoms. The van der Waals surface area contributed by atoms with Gasteiger partial charge in [-0.15, -0.1) is 0 Å². The molecule has 0 saturated carbocycles. The van der Waals surface area contributed by atoms with E-state index in [2.05, 4.69) is 22.2 Å². The molecule has 0 fully saturated rings. The van der Waals surface area contributed by atoms with Crippen LogP contribution in [0.25, 0.3) is 0 Å². The number of hydrogen-bond acceptors (Lipinski definition) is 4. The van der Waals surface area contributed by atoms with Crippen LogP contribution in [0.2, 0.25) is 5.02 Å². The Morgan fingerprint density at radius 3 is 2.68 bits per heavy atom. The zero-order chi connectivity index (χ0) is 15.9. The van der Waals surface area contributed by atoms with E-state index in [1.54, 1.807) is 30.3 Å². The van der Waals surface area contributed by atoms with Crippen LogP contribution in [0.4, 0.5) is 11.5 Å². The molecular formula is C16H19ClN4O. The second-order valence-electron chi connectivity index (χ2n) is 5.00. The number of aromatic nitrogens is 2. The van der Waals surface area contributed by atoms with Crippen LogP contribution < -0.4 is 10.2 Å². The first kappa shape index (κ1) is 16.2. The molecule has 0 radical (unpaired) electrons. The minimum atomic E-state index is -0.269. The maximum absolute atomic E-state index is 12.2. The van der Waals surface area contributed by atoms with Gasteiger partial charge in [-0.3, -0.25) is 4.79 Å². The van der Waals surface area contributed by atoms with Crippen molar-refractivity contribution in [1.29, 1.82) is 0 Å². The Morgan fingerprint density at radius 2 is 2.00 bits per heavy atom. The summed E-state index contributed by atoms with van der Waals surface area (Å²) in [6.07, 6.45) is 3.60. The third kappa shape index (κ3) is 4.43. The number of nitrogens with one attached hydrogen (secondary N) is 1. The maximum atomic E-state index is 12.2. The molecule has 1 amide bonds. The zero-order valence-corrected chi connectivity index (χ0v) is 13.5. The Morgan fingerprint density at radius 1 is 1.27 bits per heavy atom. The summed E-state index contributed by atoms with van der Waals surface area (Å²) in [5, 5.41) is 3.41. The molecule has 5 nitrogen and oxygen atoms in total. The zero-order valence-electron chi connectivity index (χ0n) is 12.7. The molecule has 2 rings (SSSR count). The molecule has 2 aromatic rings. The van der Waals surface area contributed by atoms with E-state index in [0.29, 0.717) is 16.4 Å². The summed E-state index contributed by atoms with van der Waals surface area (Å²) in [5.41, 5.74) is 1.01. The third-order valence-corrected chi connectivity index (χ3v) is 3.48. The van der Waals surface area contributed by atoms with Crippen molar-refractivity contribution in [2.75, 3.05) is 23.8 Å². The molecule has 0 aliphatic heterocycles. The number of unbranched alkanes of at least 4 members (excludes halogenated alkanes) is 1. The summed E-state index contributed by atoms with van der Waals surface area (Å²) >= 11 is 5.82. The van der Waals surface area contributed by atoms with E-state index in [-0.39, 0.29) is 5.91 Å². The number of carbonyl (C=O) groups excluding carboxylic acids is 1. The molecular weight excluding hydrogens is 300 g/mol. The van der Waals surface area contributed by atoms with Crippen molar-refractivity contribution in [3.63, 3.8) is 0 Å². The van der Waals surface area contributed by atoms with Gasteiger partial charge in [0.2, 0.25) is 0 Å². The van der Waals surface area contributed by atoms with Crippen molar-refractivity contribution in [1.82, 2.24) is 9.97 Å². The lowest BCUT2D eigenvalue weighted by Crippen LogP contribution is -2.21. The second-order valence-corrected chi connectivity index (χ2v) is 5.43. The van der Waals surface area contributed by atoms with Crippen molar-refractivity contribution in [3.8, 4) is 0 Å². The predicted octanol–water partition coefficient (Wildman–Crippen LogP) is 3.62. The Kier molecular flexibility index (Phi) is 5.72. The van der Waals surface area contributed by atoms with Crippen LogP contribution in [0.15, 0.2) is 36.7 Å². The average molecular weight is 319 g/mol. The third-order valence-electron chi connectivity index (χ3n) is 3.23. The van der Waals surface area contributed by atoms with E-state index in [0.717, 1.165) is 25.2 Å². The summed E-state index contributed by atoms with van der Waals surface area (Å²) in [5.74, 6) is 0.472. The summed E-state index contributed by atoms with van der Waals surface area (Å²) in [4.78, 5) is 22.5. The van der Waals surface area contributed by atoms with Crippen molar-refractivity contribution in [2.24, 2.45) is 0 Å². The van der Waals surface area contributed by atoms with Crippen LogP contribution in [-0.4, -0.2) is 29.5 Å². The lowest BCUT2D eigenvalue weighted by molar-refractivity contribution is 0.102. The topological polar surface area (TPSA) is 58.1 Å². The number of anilines is 2. The number of carbonyl (C=O) groups is 1. The second kappa shape index (κ2) is 7.75. The van der Waals surface area contributed by atoms with Crippen LogP contribution in [0.3, 0.4) is 0 Å². The van der Waals surface area contributed by atoms with E-state index in [9.17, 15) is 4.79 Å². The molecule has 1 N–H and O–H groups in total. The van der Waals surface area contributed by atoms with Gasteiger partial charge in [0.15, 0.2) is 0 Å². The van der Waals surface area contributed by atoms with Crippen molar-refractivity contribution >= 4 is 29.0 Å². The molecule has 1 aromatic heterocycles. The number of hydrogen-bond donors (Lipinski definition) is 1. The van der Waals surface area contributed by atoms with Gasteiger partial charge in [0.05, 0.1) is 0 Å². The number of benzene rings is 1. The van der Waals surface area contributed by atoms with E-state index in [1.807, 2.05) is 11.9 Å². The van der Waals surface area contributed by atoms with Crippen LogP contribution in [0.1, 0.15) is 30.3 Å². The molecule has 0 atom stereocenters. The van der Waals surface area contributed by atoms with Gasteiger partial charge in [-0.1, -0.05) is 24.9 Å². The van der Waals surface area contributed by atoms with Gasteiger partial charge >= 0.3 is 0 Å². The molecule has 1 heterocycles. The first-order valence-corrected chi connectivity index (χ1v) is 7.58. The molecule has 0 unspecified atom stereocenters. The summed E-state index contributed by atoms with van der Waals surface area (Å²) in [7, 11) is 1.96. The van der Waals surface area contributed by atoms with Crippen LogP contribution in [0, 0.1) is 0 Å². The molecule has 0 bridgehead atoms. The molecule has 0 spiro atoms. The monoisotopic (exact) mass is 318 g/mol. The van der Waals surface area contributed by atoms with Gasteiger partial charge in [-0.05, 0) is 30.7 Å². The lowest BCUT2D eigenvalue weighted by Gasteiger charge is -2.17. The van der Waals surface area contributed by atoms with E-state index >= 15 is 0 Å². The SMILES string of the molecule is CCCCN(C)c1cc(C(=O)Nc2ccc(Cl)cc2)ncn1.